The van der Waals surface area contributed by atoms with Crippen molar-refractivity contribution >= 4 is 15.9 Å². The Labute approximate surface area is 111 Å². The van der Waals surface area contributed by atoms with E-state index in [1.807, 2.05) is 12.1 Å². The summed E-state index contributed by atoms with van der Waals surface area (Å²) in [4.78, 5) is 0. The van der Waals surface area contributed by atoms with Crippen LogP contribution in [0, 0.1) is 0 Å². The summed E-state index contributed by atoms with van der Waals surface area (Å²) in [5, 5.41) is 21.2. The maximum absolute atomic E-state index is 9.00. The molecular formula is C13H20BrNO2. The molecule has 0 amide bonds. The van der Waals surface area contributed by atoms with Crippen LogP contribution in [0.25, 0.3) is 0 Å². The molecule has 1 aromatic carbocycles. The van der Waals surface area contributed by atoms with Gasteiger partial charge in [0.15, 0.2) is 0 Å². The molecule has 4 heteroatoms. The van der Waals surface area contributed by atoms with Crippen LogP contribution in [0.1, 0.15) is 19.4 Å². The molecule has 0 atom stereocenters. The lowest BCUT2D eigenvalue weighted by Crippen LogP contribution is -2.42. The zero-order valence-corrected chi connectivity index (χ0v) is 11.9. The predicted octanol–water partition coefficient (Wildman–Crippen LogP) is 1.67. The molecule has 1 aromatic rings. The molecule has 0 unspecified atom stereocenters. The third-order valence-electron chi connectivity index (χ3n) is 2.90. The second kappa shape index (κ2) is 6.50. The van der Waals surface area contributed by atoms with Crippen LogP contribution in [0.3, 0.4) is 0 Å². The number of halogens is 1. The summed E-state index contributed by atoms with van der Waals surface area (Å²) >= 11 is 3.42. The van der Waals surface area contributed by atoms with Gasteiger partial charge in [-0.05, 0) is 17.7 Å². The molecule has 0 saturated heterocycles. The van der Waals surface area contributed by atoms with Crippen molar-refractivity contribution in [3.05, 3.63) is 34.3 Å². The molecule has 0 spiro atoms. The number of nitrogens with one attached hydrogen (secondary N) is 1. The Balaban J connectivity index is 2.64. The first-order chi connectivity index (χ1) is 7.99. The summed E-state index contributed by atoms with van der Waals surface area (Å²) < 4.78 is 1.06. The van der Waals surface area contributed by atoms with Gasteiger partial charge in [0.05, 0.1) is 19.3 Å². The molecule has 3 nitrogen and oxygen atoms in total. The molecule has 3 N–H and O–H groups in total. The first-order valence-electron chi connectivity index (χ1n) is 5.71. The van der Waals surface area contributed by atoms with Gasteiger partial charge in [0.25, 0.3) is 0 Å². The molecule has 1 rings (SSSR count). The Bertz CT molecular complexity index is 334. The van der Waals surface area contributed by atoms with Crippen molar-refractivity contribution in [3.63, 3.8) is 0 Å². The van der Waals surface area contributed by atoms with Gasteiger partial charge in [-0.15, -0.1) is 0 Å². The highest BCUT2D eigenvalue weighted by Crippen LogP contribution is 2.24. The van der Waals surface area contributed by atoms with Crippen LogP contribution < -0.4 is 5.32 Å². The van der Waals surface area contributed by atoms with Crippen molar-refractivity contribution in [1.29, 1.82) is 0 Å². The third-order valence-corrected chi connectivity index (χ3v) is 3.43. The molecule has 0 radical (unpaired) electrons. The highest BCUT2D eigenvalue weighted by atomic mass is 79.9. The molecule has 0 saturated carbocycles. The first-order valence-corrected chi connectivity index (χ1v) is 6.50. The Morgan fingerprint density at radius 2 is 1.71 bits per heavy atom. The molecule has 0 aromatic heterocycles. The summed E-state index contributed by atoms with van der Waals surface area (Å²) in [6, 6.07) is 7.96. The predicted molar refractivity (Wildman–Crippen MR) is 73.1 cm³/mol. The SMILES string of the molecule is CC(C)(CNC(CO)CO)c1ccc(Br)cc1. The summed E-state index contributed by atoms with van der Waals surface area (Å²) in [6.45, 7) is 4.88. The number of hydrogen-bond acceptors (Lipinski definition) is 3. The molecule has 0 aliphatic rings. The van der Waals surface area contributed by atoms with Crippen molar-refractivity contribution in [2.45, 2.75) is 25.3 Å². The quantitative estimate of drug-likeness (QED) is 0.749. The van der Waals surface area contributed by atoms with Crippen LogP contribution in [0.5, 0.6) is 0 Å². The lowest BCUT2D eigenvalue weighted by Gasteiger charge is -2.28. The third kappa shape index (κ3) is 4.39. The zero-order chi connectivity index (χ0) is 12.9. The number of aliphatic hydroxyl groups excluding tert-OH is 2. The highest BCUT2D eigenvalue weighted by Gasteiger charge is 2.21. The van der Waals surface area contributed by atoms with E-state index in [-0.39, 0.29) is 24.7 Å². The summed E-state index contributed by atoms with van der Waals surface area (Å²) in [7, 11) is 0. The first kappa shape index (κ1) is 14.6. The van der Waals surface area contributed by atoms with Crippen molar-refractivity contribution in [1.82, 2.24) is 5.32 Å². The minimum atomic E-state index is -0.246. The van der Waals surface area contributed by atoms with Crippen LogP contribution >= 0.6 is 15.9 Å². The fourth-order valence-corrected chi connectivity index (χ4v) is 1.85. The van der Waals surface area contributed by atoms with E-state index in [0.29, 0.717) is 6.54 Å². The molecule has 96 valence electrons. The number of aliphatic hydroxyl groups is 2. The molecule has 0 heterocycles. The zero-order valence-electron chi connectivity index (χ0n) is 10.3. The Morgan fingerprint density at radius 1 is 1.18 bits per heavy atom. The normalized spacial score (nSPS) is 12.1. The molecule has 0 fully saturated rings. The molecule has 17 heavy (non-hydrogen) atoms. The average molecular weight is 302 g/mol. The van der Waals surface area contributed by atoms with Crippen LogP contribution in [-0.2, 0) is 5.41 Å². The van der Waals surface area contributed by atoms with E-state index in [4.69, 9.17) is 10.2 Å². The van der Waals surface area contributed by atoms with Crippen molar-refractivity contribution < 1.29 is 10.2 Å². The summed E-state index contributed by atoms with van der Waals surface area (Å²) in [5.74, 6) is 0. The Morgan fingerprint density at radius 3 is 2.18 bits per heavy atom. The fraction of sp³-hybridized carbons (Fsp3) is 0.538. The van der Waals surface area contributed by atoms with Gasteiger partial charge in [-0.2, -0.15) is 0 Å². The van der Waals surface area contributed by atoms with Crippen LogP contribution in [0.15, 0.2) is 28.7 Å². The van der Waals surface area contributed by atoms with Gasteiger partial charge in [-0.25, -0.2) is 0 Å². The van der Waals surface area contributed by atoms with Crippen LogP contribution in [0.4, 0.5) is 0 Å². The monoisotopic (exact) mass is 301 g/mol. The van der Waals surface area contributed by atoms with Crippen molar-refractivity contribution in [3.8, 4) is 0 Å². The standard InChI is InChI=1S/C13H20BrNO2/c1-13(2,9-15-12(7-16)8-17)10-3-5-11(14)6-4-10/h3-6,12,15-17H,7-9H2,1-2H3. The Hall–Kier alpha value is -0.420. The molecule has 0 bridgehead atoms. The van der Waals surface area contributed by atoms with E-state index >= 15 is 0 Å². The molecular weight excluding hydrogens is 282 g/mol. The largest absolute Gasteiger partial charge is 0.395 e. The van der Waals surface area contributed by atoms with Gasteiger partial charge in [0.2, 0.25) is 0 Å². The second-order valence-corrected chi connectivity index (χ2v) is 5.75. The molecule has 0 aliphatic heterocycles. The van der Waals surface area contributed by atoms with E-state index in [2.05, 4.69) is 47.2 Å². The van der Waals surface area contributed by atoms with Crippen molar-refractivity contribution in [2.75, 3.05) is 19.8 Å². The number of benzene rings is 1. The lowest BCUT2D eigenvalue weighted by molar-refractivity contribution is 0.166. The van der Waals surface area contributed by atoms with Crippen molar-refractivity contribution in [2.24, 2.45) is 0 Å². The number of hydrogen-bond donors (Lipinski definition) is 3. The minimum Gasteiger partial charge on any atom is -0.395 e. The van der Waals surface area contributed by atoms with E-state index in [9.17, 15) is 0 Å². The highest BCUT2D eigenvalue weighted by molar-refractivity contribution is 9.10. The molecule has 0 aliphatic carbocycles. The summed E-state index contributed by atoms with van der Waals surface area (Å²) in [5.41, 5.74) is 1.19. The smallest absolute Gasteiger partial charge is 0.0607 e. The van der Waals surface area contributed by atoms with Gasteiger partial charge in [-0.1, -0.05) is 41.9 Å². The van der Waals surface area contributed by atoms with Crippen LogP contribution in [-0.4, -0.2) is 36.0 Å². The van der Waals surface area contributed by atoms with Gasteiger partial charge >= 0.3 is 0 Å². The average Bonchev–Trinajstić information content (AvgIpc) is 2.31. The van der Waals surface area contributed by atoms with Gasteiger partial charge < -0.3 is 15.5 Å². The van der Waals surface area contributed by atoms with Gasteiger partial charge in [-0.3, -0.25) is 0 Å². The summed E-state index contributed by atoms with van der Waals surface area (Å²) in [6.07, 6.45) is 0. The maximum Gasteiger partial charge on any atom is 0.0607 e. The Kier molecular flexibility index (Phi) is 5.59. The van der Waals surface area contributed by atoms with Gasteiger partial charge in [0, 0.05) is 16.4 Å². The van der Waals surface area contributed by atoms with Crippen LogP contribution in [0.2, 0.25) is 0 Å². The minimum absolute atomic E-state index is 0.0384. The van der Waals surface area contributed by atoms with Gasteiger partial charge in [0.1, 0.15) is 0 Å². The lowest BCUT2D eigenvalue weighted by atomic mass is 9.84. The topological polar surface area (TPSA) is 52.5 Å². The fourth-order valence-electron chi connectivity index (χ4n) is 1.59. The van der Waals surface area contributed by atoms with E-state index in [1.165, 1.54) is 5.56 Å². The number of rotatable bonds is 6. The van der Waals surface area contributed by atoms with E-state index in [0.717, 1.165) is 4.47 Å². The maximum atomic E-state index is 9.00. The van der Waals surface area contributed by atoms with E-state index in [1.54, 1.807) is 0 Å². The van der Waals surface area contributed by atoms with E-state index < -0.39 is 0 Å². The second-order valence-electron chi connectivity index (χ2n) is 4.83.